The van der Waals surface area contributed by atoms with Gasteiger partial charge in [-0.3, -0.25) is 9.78 Å². The Morgan fingerprint density at radius 1 is 1.16 bits per heavy atom. The molecule has 1 aromatic heterocycles. The van der Waals surface area contributed by atoms with Crippen molar-refractivity contribution in [3.05, 3.63) is 30.1 Å². The topological polar surface area (TPSA) is 54.0 Å². The largest absolute Gasteiger partial charge is 0.352 e. The maximum absolute atomic E-state index is 11.8. The van der Waals surface area contributed by atoms with E-state index < -0.39 is 0 Å². The number of nitrogens with one attached hydrogen (secondary N) is 2. The van der Waals surface area contributed by atoms with Gasteiger partial charge in [-0.2, -0.15) is 0 Å². The van der Waals surface area contributed by atoms with Crippen LogP contribution in [0.3, 0.4) is 0 Å². The third kappa shape index (κ3) is 4.99. The zero-order valence-corrected chi connectivity index (χ0v) is 11.4. The highest BCUT2D eigenvalue weighted by molar-refractivity contribution is 5.93. The monoisotopic (exact) mass is 261 g/mol. The van der Waals surface area contributed by atoms with Gasteiger partial charge in [-0.05, 0) is 37.9 Å². The summed E-state index contributed by atoms with van der Waals surface area (Å²) in [6.07, 6.45) is 11.0. The van der Waals surface area contributed by atoms with Crippen LogP contribution in [-0.2, 0) is 0 Å². The van der Waals surface area contributed by atoms with Gasteiger partial charge >= 0.3 is 0 Å². The van der Waals surface area contributed by atoms with Crippen molar-refractivity contribution in [2.24, 2.45) is 0 Å². The number of carbonyl (C=O) groups excluding carboxylic acids is 1. The molecule has 0 spiro atoms. The smallest absolute Gasteiger partial charge is 0.251 e. The molecule has 1 saturated carbocycles. The molecule has 1 aromatic rings. The van der Waals surface area contributed by atoms with E-state index in [9.17, 15) is 4.79 Å². The van der Waals surface area contributed by atoms with E-state index in [-0.39, 0.29) is 5.91 Å². The molecule has 0 radical (unpaired) electrons. The molecule has 0 unspecified atom stereocenters. The number of nitrogens with zero attached hydrogens (tertiary/aromatic N) is 1. The summed E-state index contributed by atoms with van der Waals surface area (Å²) >= 11 is 0. The van der Waals surface area contributed by atoms with Gasteiger partial charge in [0.25, 0.3) is 5.91 Å². The van der Waals surface area contributed by atoms with Crippen LogP contribution in [-0.4, -0.2) is 30.0 Å². The average molecular weight is 261 g/mol. The molecule has 1 amide bonds. The van der Waals surface area contributed by atoms with Gasteiger partial charge in [-0.1, -0.05) is 19.3 Å². The van der Waals surface area contributed by atoms with Crippen molar-refractivity contribution in [3.8, 4) is 0 Å². The number of hydrogen-bond donors (Lipinski definition) is 2. The van der Waals surface area contributed by atoms with E-state index in [4.69, 9.17) is 0 Å². The predicted molar refractivity (Wildman–Crippen MR) is 76.1 cm³/mol. The molecule has 104 valence electrons. The number of rotatable bonds is 6. The highest BCUT2D eigenvalue weighted by Gasteiger charge is 2.11. The summed E-state index contributed by atoms with van der Waals surface area (Å²) in [7, 11) is 0. The molecule has 0 bridgehead atoms. The molecule has 2 N–H and O–H groups in total. The lowest BCUT2D eigenvalue weighted by Crippen LogP contribution is -2.34. The molecule has 19 heavy (non-hydrogen) atoms. The van der Waals surface area contributed by atoms with E-state index >= 15 is 0 Å². The summed E-state index contributed by atoms with van der Waals surface area (Å²) in [4.78, 5) is 15.6. The molecule has 1 fully saturated rings. The quantitative estimate of drug-likeness (QED) is 0.771. The Kier molecular flexibility index (Phi) is 5.82. The third-order valence-corrected chi connectivity index (χ3v) is 3.62. The van der Waals surface area contributed by atoms with Gasteiger partial charge in [0.05, 0.1) is 0 Å². The second-order valence-corrected chi connectivity index (χ2v) is 5.13. The summed E-state index contributed by atoms with van der Waals surface area (Å²) in [6, 6.07) is 4.16. The molecule has 1 aliphatic carbocycles. The Bertz CT molecular complexity index is 374. The van der Waals surface area contributed by atoms with Gasteiger partial charge < -0.3 is 10.6 Å². The third-order valence-electron chi connectivity index (χ3n) is 3.62. The van der Waals surface area contributed by atoms with Crippen molar-refractivity contribution in [3.63, 3.8) is 0 Å². The highest BCUT2D eigenvalue weighted by Crippen LogP contribution is 2.17. The lowest BCUT2D eigenvalue weighted by Gasteiger charge is -2.22. The van der Waals surface area contributed by atoms with Crippen molar-refractivity contribution in [2.75, 3.05) is 13.1 Å². The van der Waals surface area contributed by atoms with Crippen LogP contribution in [0.25, 0.3) is 0 Å². The molecule has 2 rings (SSSR count). The van der Waals surface area contributed by atoms with Crippen molar-refractivity contribution in [2.45, 2.75) is 44.6 Å². The van der Waals surface area contributed by atoms with E-state index in [1.165, 1.54) is 32.1 Å². The SMILES string of the molecule is O=C(NCCCNC1CCCCC1)c1ccncc1. The van der Waals surface area contributed by atoms with Crippen LogP contribution >= 0.6 is 0 Å². The van der Waals surface area contributed by atoms with Gasteiger partial charge in [0.2, 0.25) is 0 Å². The highest BCUT2D eigenvalue weighted by atomic mass is 16.1. The number of amides is 1. The zero-order chi connectivity index (χ0) is 13.3. The number of hydrogen-bond acceptors (Lipinski definition) is 3. The minimum atomic E-state index is -0.0138. The molecular formula is C15H23N3O. The Labute approximate surface area is 115 Å². The van der Waals surface area contributed by atoms with E-state index in [2.05, 4.69) is 15.6 Å². The Morgan fingerprint density at radius 3 is 2.63 bits per heavy atom. The van der Waals surface area contributed by atoms with Crippen LogP contribution in [0.2, 0.25) is 0 Å². The van der Waals surface area contributed by atoms with Gasteiger partial charge in [-0.15, -0.1) is 0 Å². The minimum absolute atomic E-state index is 0.0138. The van der Waals surface area contributed by atoms with Crippen molar-refractivity contribution in [1.82, 2.24) is 15.6 Å². The van der Waals surface area contributed by atoms with Gasteiger partial charge in [0.15, 0.2) is 0 Å². The second-order valence-electron chi connectivity index (χ2n) is 5.13. The van der Waals surface area contributed by atoms with Crippen LogP contribution < -0.4 is 10.6 Å². The van der Waals surface area contributed by atoms with Crippen molar-refractivity contribution in [1.29, 1.82) is 0 Å². The summed E-state index contributed by atoms with van der Waals surface area (Å²) < 4.78 is 0. The molecule has 0 aromatic carbocycles. The molecular weight excluding hydrogens is 238 g/mol. The van der Waals surface area contributed by atoms with Gasteiger partial charge in [-0.25, -0.2) is 0 Å². The fraction of sp³-hybridized carbons (Fsp3) is 0.600. The van der Waals surface area contributed by atoms with Crippen LogP contribution in [0, 0.1) is 0 Å². The Balaban J connectivity index is 1.55. The second kappa shape index (κ2) is 7.89. The molecule has 4 nitrogen and oxygen atoms in total. The maximum atomic E-state index is 11.8. The molecule has 0 saturated heterocycles. The van der Waals surface area contributed by atoms with E-state index in [1.807, 2.05) is 0 Å². The van der Waals surface area contributed by atoms with Crippen LogP contribution in [0.15, 0.2) is 24.5 Å². The first kappa shape index (κ1) is 14.0. The summed E-state index contributed by atoms with van der Waals surface area (Å²) in [5, 5.41) is 6.50. The first-order valence-corrected chi connectivity index (χ1v) is 7.28. The predicted octanol–water partition coefficient (Wildman–Crippen LogP) is 2.12. The van der Waals surface area contributed by atoms with Crippen LogP contribution in [0.5, 0.6) is 0 Å². The van der Waals surface area contributed by atoms with Crippen molar-refractivity contribution >= 4 is 5.91 Å². The molecule has 1 aliphatic rings. The molecule has 1 heterocycles. The lowest BCUT2D eigenvalue weighted by atomic mass is 9.95. The Morgan fingerprint density at radius 2 is 1.89 bits per heavy atom. The lowest BCUT2D eigenvalue weighted by molar-refractivity contribution is 0.0953. The average Bonchev–Trinajstić information content (AvgIpc) is 2.49. The molecule has 4 heteroatoms. The number of pyridine rings is 1. The maximum Gasteiger partial charge on any atom is 0.251 e. The molecule has 0 atom stereocenters. The summed E-state index contributed by atoms with van der Waals surface area (Å²) in [6.45, 7) is 1.71. The van der Waals surface area contributed by atoms with E-state index in [1.54, 1.807) is 24.5 Å². The van der Waals surface area contributed by atoms with Crippen molar-refractivity contribution < 1.29 is 4.79 Å². The number of carbonyl (C=O) groups is 1. The molecule has 0 aliphatic heterocycles. The van der Waals surface area contributed by atoms with Crippen LogP contribution in [0.4, 0.5) is 0 Å². The summed E-state index contributed by atoms with van der Waals surface area (Å²) in [5.41, 5.74) is 0.676. The first-order chi connectivity index (χ1) is 9.36. The zero-order valence-electron chi connectivity index (χ0n) is 11.4. The standard InChI is InChI=1S/C15H23N3O/c19-15(13-7-11-16-12-8-13)18-10-4-9-17-14-5-2-1-3-6-14/h7-8,11-12,14,17H,1-6,9-10H2,(H,18,19). The number of aromatic nitrogens is 1. The van der Waals surface area contributed by atoms with Gasteiger partial charge in [0, 0.05) is 30.5 Å². The fourth-order valence-corrected chi connectivity index (χ4v) is 2.51. The summed E-state index contributed by atoms with van der Waals surface area (Å²) in [5.74, 6) is -0.0138. The van der Waals surface area contributed by atoms with E-state index in [0.29, 0.717) is 11.6 Å². The van der Waals surface area contributed by atoms with Crippen LogP contribution in [0.1, 0.15) is 48.9 Å². The van der Waals surface area contributed by atoms with E-state index in [0.717, 1.165) is 19.5 Å². The first-order valence-electron chi connectivity index (χ1n) is 7.28. The Hall–Kier alpha value is -1.42. The minimum Gasteiger partial charge on any atom is -0.352 e. The fourth-order valence-electron chi connectivity index (χ4n) is 2.51. The normalized spacial score (nSPS) is 16.2. The van der Waals surface area contributed by atoms with Gasteiger partial charge in [0.1, 0.15) is 0 Å².